The molecule has 100 valence electrons. The van der Waals surface area contributed by atoms with Crippen molar-refractivity contribution in [3.8, 4) is 22.3 Å². The summed E-state index contributed by atoms with van der Waals surface area (Å²) in [5, 5.41) is 0. The summed E-state index contributed by atoms with van der Waals surface area (Å²) in [6.07, 6.45) is 0. The summed E-state index contributed by atoms with van der Waals surface area (Å²) in [6, 6.07) is 17.9. The van der Waals surface area contributed by atoms with Gasteiger partial charge in [-0.2, -0.15) is 0 Å². The number of benzene rings is 1. The molecule has 0 unspecified atom stereocenters. The smallest absolute Gasteiger partial charge is 0.0122 e. The zero-order valence-corrected chi connectivity index (χ0v) is 12.6. The van der Waals surface area contributed by atoms with E-state index in [4.69, 9.17) is 0 Å². The van der Waals surface area contributed by atoms with Gasteiger partial charge in [0, 0.05) is 0 Å². The zero-order chi connectivity index (χ0) is 14.3. The predicted molar refractivity (Wildman–Crippen MR) is 87.4 cm³/mol. The monoisotopic (exact) mass is 260 g/mol. The fourth-order valence-corrected chi connectivity index (χ4v) is 3.02. The highest BCUT2D eigenvalue weighted by molar-refractivity contribution is 5.81. The molecule has 0 heteroatoms. The number of hydrogen-bond donors (Lipinski definition) is 0. The van der Waals surface area contributed by atoms with Crippen LogP contribution in [-0.2, 0) is 0 Å². The average molecular weight is 260 g/mol. The number of rotatable bonds is 1. The van der Waals surface area contributed by atoms with Crippen LogP contribution >= 0.6 is 0 Å². The van der Waals surface area contributed by atoms with Gasteiger partial charge in [-0.25, -0.2) is 0 Å². The standard InChI is InChI=1S/C20H20/c1-13-5-8-17(9-6-13)18-10-7-14(2)20-16(4)11-15(3)19(20)12-18/h5-12H,1-4H3. The van der Waals surface area contributed by atoms with Crippen molar-refractivity contribution in [2.75, 3.05) is 0 Å². The Hall–Kier alpha value is -2.08. The van der Waals surface area contributed by atoms with Gasteiger partial charge in [-0.05, 0) is 72.7 Å². The Morgan fingerprint density at radius 2 is 1.20 bits per heavy atom. The van der Waals surface area contributed by atoms with Gasteiger partial charge in [0.2, 0.25) is 0 Å². The van der Waals surface area contributed by atoms with E-state index >= 15 is 0 Å². The van der Waals surface area contributed by atoms with E-state index < -0.39 is 0 Å². The Bertz CT molecular complexity index is 733. The van der Waals surface area contributed by atoms with Crippen molar-refractivity contribution in [1.29, 1.82) is 0 Å². The summed E-state index contributed by atoms with van der Waals surface area (Å²) in [7, 11) is 0. The van der Waals surface area contributed by atoms with E-state index in [1.807, 2.05) is 0 Å². The van der Waals surface area contributed by atoms with Gasteiger partial charge in [0.05, 0.1) is 0 Å². The van der Waals surface area contributed by atoms with Crippen LogP contribution in [-0.4, -0.2) is 0 Å². The first-order chi connectivity index (χ1) is 9.56. The Morgan fingerprint density at radius 3 is 1.90 bits per heavy atom. The third kappa shape index (κ3) is 2.12. The van der Waals surface area contributed by atoms with Gasteiger partial charge in [0.1, 0.15) is 0 Å². The molecule has 3 rings (SSSR count). The van der Waals surface area contributed by atoms with Crippen LogP contribution in [0, 0.1) is 27.7 Å². The van der Waals surface area contributed by atoms with Gasteiger partial charge >= 0.3 is 0 Å². The minimum atomic E-state index is 1.28. The van der Waals surface area contributed by atoms with Crippen LogP contribution in [0.3, 0.4) is 0 Å². The van der Waals surface area contributed by atoms with E-state index in [9.17, 15) is 0 Å². The molecule has 0 N–H and O–H groups in total. The summed E-state index contributed by atoms with van der Waals surface area (Å²) in [5.74, 6) is 0. The molecule has 0 fully saturated rings. The first kappa shape index (κ1) is 12.9. The highest BCUT2D eigenvalue weighted by Crippen LogP contribution is 2.36. The minimum Gasteiger partial charge on any atom is -0.0587 e. The third-order valence-electron chi connectivity index (χ3n) is 4.11. The molecule has 1 aromatic carbocycles. The van der Waals surface area contributed by atoms with Gasteiger partial charge in [0.15, 0.2) is 0 Å². The molecule has 0 saturated heterocycles. The number of aryl methyl sites for hydroxylation is 4. The van der Waals surface area contributed by atoms with Gasteiger partial charge in [-0.15, -0.1) is 0 Å². The van der Waals surface area contributed by atoms with E-state index in [1.165, 1.54) is 44.5 Å². The molecular weight excluding hydrogens is 240 g/mol. The van der Waals surface area contributed by atoms with Gasteiger partial charge in [-0.1, -0.05) is 48.0 Å². The zero-order valence-electron chi connectivity index (χ0n) is 12.6. The quantitative estimate of drug-likeness (QED) is 0.527. The van der Waals surface area contributed by atoms with E-state index in [0.29, 0.717) is 0 Å². The predicted octanol–water partition coefficient (Wildman–Crippen LogP) is 5.69. The molecule has 0 nitrogen and oxygen atoms in total. The van der Waals surface area contributed by atoms with Crippen molar-refractivity contribution in [2.24, 2.45) is 0 Å². The summed E-state index contributed by atoms with van der Waals surface area (Å²) in [5.41, 5.74) is 10.7. The lowest BCUT2D eigenvalue weighted by Gasteiger charge is -2.03. The SMILES string of the molecule is Cc1ccc(-c2ccc(C)c3c(C)cc(C)c-3c2)cc1. The maximum Gasteiger partial charge on any atom is -0.0122 e. The molecular formula is C20H20. The summed E-state index contributed by atoms with van der Waals surface area (Å²) >= 11 is 0. The molecule has 2 aliphatic carbocycles. The summed E-state index contributed by atoms with van der Waals surface area (Å²) in [6.45, 7) is 8.73. The fourth-order valence-electron chi connectivity index (χ4n) is 3.02. The van der Waals surface area contributed by atoms with Crippen molar-refractivity contribution in [2.45, 2.75) is 27.7 Å². The Morgan fingerprint density at radius 1 is 0.550 bits per heavy atom. The maximum absolute atomic E-state index is 2.33. The van der Waals surface area contributed by atoms with Crippen molar-refractivity contribution < 1.29 is 0 Å². The molecule has 0 aliphatic heterocycles. The highest BCUT2D eigenvalue weighted by Gasteiger charge is 2.13. The Kier molecular flexibility index (Phi) is 3.10. The van der Waals surface area contributed by atoms with Crippen molar-refractivity contribution >= 4 is 0 Å². The van der Waals surface area contributed by atoms with Gasteiger partial charge in [-0.3, -0.25) is 0 Å². The van der Waals surface area contributed by atoms with Crippen LogP contribution in [0.2, 0.25) is 0 Å². The molecule has 0 spiro atoms. The number of hydrogen-bond acceptors (Lipinski definition) is 0. The Labute approximate surface area is 121 Å². The highest BCUT2D eigenvalue weighted by atomic mass is 14.2. The van der Waals surface area contributed by atoms with Crippen molar-refractivity contribution in [3.05, 3.63) is 70.8 Å². The molecule has 0 bridgehead atoms. The van der Waals surface area contributed by atoms with Crippen LogP contribution < -0.4 is 0 Å². The lowest BCUT2D eigenvalue weighted by molar-refractivity contribution is 1.45. The first-order valence-electron chi connectivity index (χ1n) is 7.14. The molecule has 0 heterocycles. The van der Waals surface area contributed by atoms with Crippen LogP contribution in [0.15, 0.2) is 48.5 Å². The molecule has 2 aliphatic rings. The normalized spacial score (nSPS) is 11.0. The molecule has 0 aromatic heterocycles. The third-order valence-corrected chi connectivity index (χ3v) is 4.11. The molecule has 0 amide bonds. The minimum absolute atomic E-state index is 1.28. The lowest BCUT2D eigenvalue weighted by Crippen LogP contribution is -1.79. The number of fused-ring (bicyclic) bond motifs is 1. The van der Waals surface area contributed by atoms with E-state index in [2.05, 4.69) is 76.2 Å². The molecule has 1 aromatic rings. The van der Waals surface area contributed by atoms with Gasteiger partial charge < -0.3 is 0 Å². The van der Waals surface area contributed by atoms with Crippen molar-refractivity contribution in [3.63, 3.8) is 0 Å². The van der Waals surface area contributed by atoms with E-state index in [0.717, 1.165) is 0 Å². The second kappa shape index (κ2) is 4.79. The second-order valence-corrected chi connectivity index (χ2v) is 5.78. The van der Waals surface area contributed by atoms with Crippen LogP contribution in [0.1, 0.15) is 22.3 Å². The molecule has 20 heavy (non-hydrogen) atoms. The molecule has 0 radical (unpaired) electrons. The fraction of sp³-hybridized carbons (Fsp3) is 0.200. The molecule has 0 saturated carbocycles. The Balaban J connectivity index is 2.24. The van der Waals surface area contributed by atoms with E-state index in [1.54, 1.807) is 0 Å². The summed E-state index contributed by atoms with van der Waals surface area (Å²) in [4.78, 5) is 0. The van der Waals surface area contributed by atoms with Crippen molar-refractivity contribution in [1.82, 2.24) is 0 Å². The van der Waals surface area contributed by atoms with Gasteiger partial charge in [0.25, 0.3) is 0 Å². The molecule has 0 atom stereocenters. The largest absolute Gasteiger partial charge is 0.0587 e. The van der Waals surface area contributed by atoms with Crippen LogP contribution in [0.5, 0.6) is 0 Å². The van der Waals surface area contributed by atoms with Crippen LogP contribution in [0.25, 0.3) is 22.3 Å². The first-order valence-corrected chi connectivity index (χ1v) is 7.14. The summed E-state index contributed by atoms with van der Waals surface area (Å²) < 4.78 is 0. The topological polar surface area (TPSA) is 0 Å². The average Bonchev–Trinajstić information content (AvgIpc) is 2.59. The second-order valence-electron chi connectivity index (χ2n) is 5.78. The maximum atomic E-state index is 2.33. The van der Waals surface area contributed by atoms with E-state index in [-0.39, 0.29) is 0 Å². The van der Waals surface area contributed by atoms with Crippen LogP contribution in [0.4, 0.5) is 0 Å². The lowest BCUT2D eigenvalue weighted by atomic mass is 10.0.